The summed E-state index contributed by atoms with van der Waals surface area (Å²) in [7, 11) is 0. The van der Waals surface area contributed by atoms with Crippen LogP contribution in [0.2, 0.25) is 5.02 Å². The molecule has 0 aliphatic carbocycles. The third kappa shape index (κ3) is 5.37. The lowest BCUT2D eigenvalue weighted by Crippen LogP contribution is -2.62. The lowest BCUT2D eigenvalue weighted by atomic mass is 9.97. The highest BCUT2D eigenvalue weighted by Crippen LogP contribution is 2.35. The number of nitrogens with one attached hydrogen (secondary N) is 3. The van der Waals surface area contributed by atoms with Gasteiger partial charge in [0.05, 0.1) is 29.1 Å². The smallest absolute Gasteiger partial charge is 0.304 e. The molecule has 11 nitrogen and oxygen atoms in total. The SMILES string of the molecule is N#Cc1ncc(Cl)cc1S[C@H]1OC(CO)[C@H](O)C(N/C=C(\NN)c2csc(=O)[nH]2)C1O. The fourth-order valence-corrected chi connectivity index (χ4v) is 4.85. The third-order valence-corrected chi connectivity index (χ3v) is 6.50. The van der Waals surface area contributed by atoms with Crippen LogP contribution in [0.3, 0.4) is 0 Å². The number of aromatic amines is 1. The largest absolute Gasteiger partial charge is 0.394 e. The number of thioether (sulfide) groups is 1. The molecule has 1 fully saturated rings. The van der Waals surface area contributed by atoms with Crippen molar-refractivity contribution in [3.63, 3.8) is 0 Å². The van der Waals surface area contributed by atoms with E-state index >= 15 is 0 Å². The summed E-state index contributed by atoms with van der Waals surface area (Å²) in [5, 5.41) is 45.0. The molecule has 3 unspecified atom stereocenters. The first-order valence-electron chi connectivity index (χ1n) is 8.83. The molecule has 8 N–H and O–H groups in total. The number of halogens is 1. The van der Waals surface area contributed by atoms with Gasteiger partial charge in [0.25, 0.3) is 0 Å². The van der Waals surface area contributed by atoms with Crippen LogP contribution in [0.4, 0.5) is 0 Å². The number of hydrogen-bond acceptors (Lipinski definition) is 12. The lowest BCUT2D eigenvalue weighted by Gasteiger charge is -2.42. The Morgan fingerprint density at radius 2 is 2.29 bits per heavy atom. The van der Waals surface area contributed by atoms with Crippen molar-refractivity contribution in [1.29, 1.82) is 5.26 Å². The average Bonchev–Trinajstić information content (AvgIpc) is 3.18. The lowest BCUT2D eigenvalue weighted by molar-refractivity contribution is -0.164. The molecule has 31 heavy (non-hydrogen) atoms. The number of hydrogen-bond donors (Lipinski definition) is 7. The normalized spacial score (nSPS) is 26.3. The van der Waals surface area contributed by atoms with Gasteiger partial charge in [0, 0.05) is 22.7 Å². The monoisotopic (exact) mass is 486 g/mol. The van der Waals surface area contributed by atoms with Crippen molar-refractivity contribution in [2.75, 3.05) is 6.61 Å². The number of nitrogens with two attached hydrogens (primary N) is 1. The van der Waals surface area contributed by atoms with Gasteiger partial charge in [-0.2, -0.15) is 5.26 Å². The van der Waals surface area contributed by atoms with Crippen LogP contribution in [0, 0.1) is 11.3 Å². The van der Waals surface area contributed by atoms with E-state index in [1.807, 2.05) is 6.07 Å². The number of pyridine rings is 1. The van der Waals surface area contributed by atoms with E-state index in [4.69, 9.17) is 22.2 Å². The number of nitrogens with zero attached hydrogens (tertiary/aromatic N) is 2. The quantitative estimate of drug-likeness (QED) is 0.193. The Bertz CT molecular complexity index is 1040. The number of thiazole rings is 1. The first-order chi connectivity index (χ1) is 14.9. The molecule has 2 aromatic heterocycles. The number of aliphatic hydroxyl groups excluding tert-OH is 3. The topological polar surface area (TPSA) is 190 Å². The molecule has 5 atom stereocenters. The number of hydrazine groups is 1. The maximum absolute atomic E-state index is 11.4. The summed E-state index contributed by atoms with van der Waals surface area (Å²) in [6, 6.07) is 2.47. The Morgan fingerprint density at radius 3 is 2.90 bits per heavy atom. The average molecular weight is 487 g/mol. The minimum atomic E-state index is -1.28. The summed E-state index contributed by atoms with van der Waals surface area (Å²) >= 11 is 7.90. The first kappa shape index (κ1) is 23.5. The maximum atomic E-state index is 11.4. The molecule has 166 valence electrons. The molecule has 1 aliphatic heterocycles. The van der Waals surface area contributed by atoms with Gasteiger partial charge in [-0.1, -0.05) is 34.7 Å². The standard InChI is InChI=1S/C17H19ClN6O5S2/c18-7-1-12(8(2-19)21-3-7)31-16-15(27)13(14(26)11(5-25)29-16)22-4-9(24-20)10-6-30-17(28)23-10/h1,3-4,6,11,13-16,22,24-27H,5,20H2,(H,23,28)/b9-4-/t11?,13?,14-,15?,16+/m0/s1. The van der Waals surface area contributed by atoms with Gasteiger partial charge in [-0.15, -0.1) is 0 Å². The van der Waals surface area contributed by atoms with Crippen molar-refractivity contribution in [2.45, 2.75) is 34.7 Å². The molecule has 0 spiro atoms. The molecule has 3 heterocycles. The van der Waals surface area contributed by atoms with Crippen molar-refractivity contribution in [3.8, 4) is 6.07 Å². The summed E-state index contributed by atoms with van der Waals surface area (Å²) in [5.74, 6) is 5.51. The van der Waals surface area contributed by atoms with Crippen LogP contribution in [0.5, 0.6) is 0 Å². The highest BCUT2D eigenvalue weighted by atomic mass is 35.5. The Kier molecular flexibility index (Phi) is 7.92. The summed E-state index contributed by atoms with van der Waals surface area (Å²) in [4.78, 5) is 18.0. The van der Waals surface area contributed by atoms with Crippen molar-refractivity contribution < 1.29 is 20.1 Å². The van der Waals surface area contributed by atoms with Crippen LogP contribution in [-0.4, -0.2) is 61.7 Å². The zero-order valence-corrected chi connectivity index (χ0v) is 18.1. The molecule has 2 aromatic rings. The zero-order valence-electron chi connectivity index (χ0n) is 15.7. The predicted molar refractivity (Wildman–Crippen MR) is 115 cm³/mol. The number of rotatable bonds is 7. The molecule has 3 rings (SSSR count). The Labute approximate surface area is 189 Å². The van der Waals surface area contributed by atoms with Crippen molar-refractivity contribution in [1.82, 2.24) is 20.7 Å². The van der Waals surface area contributed by atoms with E-state index in [-0.39, 0.29) is 10.6 Å². The van der Waals surface area contributed by atoms with Crippen molar-refractivity contribution >= 4 is 40.4 Å². The molecule has 14 heteroatoms. The molecule has 1 saturated heterocycles. The fourth-order valence-electron chi connectivity index (χ4n) is 2.89. The summed E-state index contributed by atoms with van der Waals surface area (Å²) in [6.45, 7) is -0.508. The Morgan fingerprint density at radius 1 is 1.52 bits per heavy atom. The van der Waals surface area contributed by atoms with Gasteiger partial charge < -0.3 is 35.8 Å². The minimum absolute atomic E-state index is 0.0947. The van der Waals surface area contributed by atoms with Crippen LogP contribution in [-0.2, 0) is 4.74 Å². The van der Waals surface area contributed by atoms with Gasteiger partial charge in [0.15, 0.2) is 5.69 Å². The van der Waals surface area contributed by atoms with Crippen molar-refractivity contribution in [2.24, 2.45) is 5.84 Å². The maximum Gasteiger partial charge on any atom is 0.304 e. The van der Waals surface area contributed by atoms with Gasteiger partial charge in [-0.05, 0) is 6.07 Å². The van der Waals surface area contributed by atoms with Crippen LogP contribution in [0.15, 0.2) is 33.5 Å². The van der Waals surface area contributed by atoms with E-state index in [9.17, 15) is 25.4 Å². The van der Waals surface area contributed by atoms with E-state index in [0.29, 0.717) is 21.3 Å². The number of nitriles is 1. The van der Waals surface area contributed by atoms with Crippen LogP contribution < -0.4 is 21.5 Å². The van der Waals surface area contributed by atoms with Gasteiger partial charge in [0.2, 0.25) is 0 Å². The van der Waals surface area contributed by atoms with E-state index in [1.165, 1.54) is 18.5 Å². The summed E-state index contributed by atoms with van der Waals surface area (Å²) < 4.78 is 5.64. The van der Waals surface area contributed by atoms with E-state index in [0.717, 1.165) is 23.1 Å². The summed E-state index contributed by atoms with van der Waals surface area (Å²) in [6.07, 6.45) is -0.849. The fraction of sp³-hybridized carbons (Fsp3) is 0.353. The second kappa shape index (κ2) is 10.4. The number of ether oxygens (including phenoxy) is 1. The van der Waals surface area contributed by atoms with E-state index in [2.05, 4.69) is 20.7 Å². The molecule has 1 aliphatic rings. The minimum Gasteiger partial charge on any atom is -0.394 e. The van der Waals surface area contributed by atoms with Gasteiger partial charge in [0.1, 0.15) is 29.8 Å². The number of H-pyrrole nitrogens is 1. The van der Waals surface area contributed by atoms with E-state index < -0.39 is 36.4 Å². The molecular formula is C17H19ClN6O5S2. The second-order valence-corrected chi connectivity index (χ2v) is 8.81. The Balaban J connectivity index is 1.84. The van der Waals surface area contributed by atoms with Crippen LogP contribution >= 0.6 is 34.7 Å². The zero-order chi connectivity index (χ0) is 22.5. The third-order valence-electron chi connectivity index (χ3n) is 4.44. The first-order valence-corrected chi connectivity index (χ1v) is 11.0. The molecule has 0 saturated carbocycles. The number of aliphatic hydroxyl groups is 3. The van der Waals surface area contributed by atoms with Gasteiger partial charge >= 0.3 is 4.87 Å². The highest BCUT2D eigenvalue weighted by molar-refractivity contribution is 7.99. The van der Waals surface area contributed by atoms with Crippen LogP contribution in [0.1, 0.15) is 11.4 Å². The Hall–Kier alpha value is -2.15. The summed E-state index contributed by atoms with van der Waals surface area (Å²) in [5.41, 5.74) is 2.27. The van der Waals surface area contributed by atoms with E-state index in [1.54, 1.807) is 5.38 Å². The van der Waals surface area contributed by atoms with Gasteiger partial charge in [-0.25, -0.2) is 4.98 Å². The highest BCUT2D eigenvalue weighted by Gasteiger charge is 2.44. The van der Waals surface area contributed by atoms with Gasteiger partial charge in [-0.3, -0.25) is 10.6 Å². The molecule has 0 radical (unpaired) electrons. The number of aromatic nitrogens is 2. The molecular weight excluding hydrogens is 468 g/mol. The molecule has 0 bridgehead atoms. The second-order valence-electron chi connectivity index (χ2n) is 6.39. The van der Waals surface area contributed by atoms with Crippen LogP contribution in [0.25, 0.3) is 5.70 Å². The molecule has 0 amide bonds. The molecule has 0 aromatic carbocycles. The predicted octanol–water partition coefficient (Wildman–Crippen LogP) is -0.692. The van der Waals surface area contributed by atoms with Crippen molar-refractivity contribution in [3.05, 3.63) is 49.9 Å².